The maximum absolute atomic E-state index is 14.3. The van der Waals surface area contributed by atoms with E-state index in [9.17, 15) is 14.5 Å². The molecule has 0 radical (unpaired) electrons. The summed E-state index contributed by atoms with van der Waals surface area (Å²) in [7, 11) is 1.81. The third kappa shape index (κ3) is 4.42. The number of pyridine rings is 2. The smallest absolute Gasteiger partial charge is 0.311 e. The van der Waals surface area contributed by atoms with E-state index in [1.807, 2.05) is 19.2 Å². The summed E-state index contributed by atoms with van der Waals surface area (Å²) in [6.45, 7) is 0.678. The van der Waals surface area contributed by atoms with E-state index < -0.39 is 11.2 Å². The number of ether oxygens (including phenoxy) is 1. The summed E-state index contributed by atoms with van der Waals surface area (Å²) in [5.41, 5.74) is 1.87. The normalized spacial score (nSPS) is 15.8. The van der Waals surface area contributed by atoms with Crippen LogP contribution in [-0.4, -0.2) is 46.4 Å². The zero-order valence-electron chi connectivity index (χ0n) is 17.0. The molecule has 1 N–H and O–H groups in total. The van der Waals surface area contributed by atoms with E-state index >= 15 is 0 Å². The quantitative estimate of drug-likeness (QED) is 0.252. The van der Waals surface area contributed by atoms with Gasteiger partial charge in [-0.1, -0.05) is 0 Å². The van der Waals surface area contributed by atoms with Gasteiger partial charge in [0.05, 0.1) is 11.5 Å². The number of halogens is 1. The average Bonchev–Trinajstić information content (AvgIpc) is 2.81. The van der Waals surface area contributed by atoms with Gasteiger partial charge in [0.1, 0.15) is 12.4 Å². The van der Waals surface area contributed by atoms with E-state index in [4.69, 9.17) is 17.0 Å². The number of hydrogen-bond donors (Lipinski definition) is 1. The fraction of sp³-hybridized carbons (Fsp3) is 0.190. The van der Waals surface area contributed by atoms with Crippen LogP contribution < -0.4 is 15.1 Å². The Bertz CT molecular complexity index is 1130. The van der Waals surface area contributed by atoms with Gasteiger partial charge in [0.25, 0.3) is 0 Å². The molecule has 2 aromatic heterocycles. The molecule has 0 spiro atoms. The first kappa shape index (κ1) is 21.4. The molecule has 1 saturated heterocycles. The highest BCUT2D eigenvalue weighted by Crippen LogP contribution is 2.31. The third-order valence-corrected chi connectivity index (χ3v) is 5.27. The van der Waals surface area contributed by atoms with Gasteiger partial charge >= 0.3 is 5.69 Å². The van der Waals surface area contributed by atoms with Gasteiger partial charge in [-0.15, -0.1) is 0 Å². The molecule has 1 aromatic carbocycles. The molecule has 4 rings (SSSR count). The first-order chi connectivity index (χ1) is 15.4. The van der Waals surface area contributed by atoms with Gasteiger partial charge in [0, 0.05) is 42.6 Å². The van der Waals surface area contributed by atoms with E-state index in [1.165, 1.54) is 11.0 Å². The van der Waals surface area contributed by atoms with Crippen molar-refractivity contribution in [1.82, 2.24) is 9.97 Å². The van der Waals surface area contributed by atoms with Gasteiger partial charge in [-0.25, -0.2) is 9.37 Å². The Morgan fingerprint density at radius 3 is 2.62 bits per heavy atom. The maximum Gasteiger partial charge on any atom is 0.311 e. The molecule has 1 atom stereocenters. The van der Waals surface area contributed by atoms with Crippen LogP contribution in [-0.2, 0) is 4.74 Å². The minimum atomic E-state index is -1.50. The van der Waals surface area contributed by atoms with E-state index in [-0.39, 0.29) is 16.6 Å². The van der Waals surface area contributed by atoms with Crippen molar-refractivity contribution in [2.75, 3.05) is 35.3 Å². The number of alkyl halides is 1. The predicted octanol–water partition coefficient (Wildman–Crippen LogP) is 4.36. The predicted molar refractivity (Wildman–Crippen MR) is 124 cm³/mol. The summed E-state index contributed by atoms with van der Waals surface area (Å²) < 4.78 is 19.4. The molecule has 164 valence electrons. The Balaban J connectivity index is 1.59. The van der Waals surface area contributed by atoms with Crippen molar-refractivity contribution in [3.8, 4) is 0 Å². The summed E-state index contributed by atoms with van der Waals surface area (Å²) in [6.07, 6.45) is 1.81. The number of nitro groups is 1. The molecule has 1 fully saturated rings. The van der Waals surface area contributed by atoms with Crippen LogP contribution in [0.5, 0.6) is 0 Å². The number of anilines is 5. The molecule has 0 amide bonds. The molecule has 11 heteroatoms. The highest BCUT2D eigenvalue weighted by Gasteiger charge is 2.28. The van der Waals surface area contributed by atoms with Crippen LogP contribution in [0.3, 0.4) is 0 Å². The Hall–Kier alpha value is -3.86. The summed E-state index contributed by atoms with van der Waals surface area (Å²) >= 11 is 4.89. The molecule has 1 aliphatic rings. The minimum Gasteiger partial charge on any atom is -0.481 e. The van der Waals surface area contributed by atoms with Crippen LogP contribution in [0.2, 0.25) is 0 Å². The Labute approximate surface area is 188 Å². The van der Waals surface area contributed by atoms with Crippen LogP contribution in [0.25, 0.3) is 0 Å². The number of hydrogen-bond acceptors (Lipinski definition) is 9. The second kappa shape index (κ2) is 9.10. The molecule has 9 nitrogen and oxygen atoms in total. The van der Waals surface area contributed by atoms with Gasteiger partial charge in [-0.05, 0) is 54.7 Å². The fourth-order valence-corrected chi connectivity index (χ4v) is 3.46. The number of thiocarbonyl (C=S) groups is 1. The van der Waals surface area contributed by atoms with Gasteiger partial charge in [-0.3, -0.25) is 15.1 Å². The van der Waals surface area contributed by atoms with Gasteiger partial charge in [-0.2, -0.15) is 0 Å². The third-order valence-electron chi connectivity index (χ3n) is 4.96. The molecule has 0 bridgehead atoms. The van der Waals surface area contributed by atoms with Crippen molar-refractivity contribution in [3.05, 3.63) is 71.0 Å². The van der Waals surface area contributed by atoms with Crippen LogP contribution in [0.4, 0.5) is 38.8 Å². The SMILES string of the molecule is CN(c1ccncc1)c1ccc([N+](=O)[O-])c(Nc2ccc(N3CCOC(=S)C3F)cc2)n1. The maximum atomic E-state index is 14.3. The van der Waals surface area contributed by atoms with Crippen molar-refractivity contribution in [2.45, 2.75) is 6.30 Å². The summed E-state index contributed by atoms with van der Waals surface area (Å²) in [5.74, 6) is 0.611. The first-order valence-corrected chi connectivity index (χ1v) is 10.1. The van der Waals surface area contributed by atoms with E-state index in [2.05, 4.69) is 15.3 Å². The number of benzene rings is 1. The van der Waals surface area contributed by atoms with Crippen LogP contribution in [0.1, 0.15) is 0 Å². The number of rotatable bonds is 6. The van der Waals surface area contributed by atoms with Crippen molar-refractivity contribution in [3.63, 3.8) is 0 Å². The largest absolute Gasteiger partial charge is 0.481 e. The number of nitrogens with zero attached hydrogens (tertiary/aromatic N) is 5. The molecular weight excluding hydrogens is 435 g/mol. The number of nitrogens with one attached hydrogen (secondary N) is 1. The molecule has 1 unspecified atom stereocenters. The zero-order valence-corrected chi connectivity index (χ0v) is 17.8. The fourth-order valence-electron chi connectivity index (χ4n) is 3.25. The molecular formula is C21H19FN6O3S. The standard InChI is InChI=1S/C21H19FN6O3S/c1-26(15-8-10-23-11-9-15)18-7-6-17(28(29)30)20(25-18)24-14-2-4-16(5-3-14)27-12-13-31-21(32)19(27)22/h2-11,19H,12-13H2,1H3,(H,24,25). The lowest BCUT2D eigenvalue weighted by Gasteiger charge is -2.32. The molecule has 0 aliphatic carbocycles. The van der Waals surface area contributed by atoms with Crippen LogP contribution in [0.15, 0.2) is 60.9 Å². The molecule has 0 saturated carbocycles. The Kier molecular flexibility index (Phi) is 6.08. The van der Waals surface area contributed by atoms with Gasteiger partial charge < -0.3 is 19.9 Å². The van der Waals surface area contributed by atoms with Crippen molar-refractivity contribution >= 4 is 51.7 Å². The highest BCUT2D eigenvalue weighted by atomic mass is 32.1. The van der Waals surface area contributed by atoms with Crippen molar-refractivity contribution in [1.29, 1.82) is 0 Å². The second-order valence-corrected chi connectivity index (χ2v) is 7.33. The Morgan fingerprint density at radius 1 is 1.22 bits per heavy atom. The first-order valence-electron chi connectivity index (χ1n) is 9.67. The molecule has 3 aromatic rings. The topological polar surface area (TPSA) is 96.7 Å². The summed E-state index contributed by atoms with van der Waals surface area (Å²) in [5, 5.41) is 14.4. The highest BCUT2D eigenvalue weighted by molar-refractivity contribution is 7.80. The molecule has 3 heterocycles. The monoisotopic (exact) mass is 454 g/mol. The lowest BCUT2D eigenvalue weighted by atomic mass is 10.2. The lowest BCUT2D eigenvalue weighted by Crippen LogP contribution is -2.45. The summed E-state index contributed by atoms with van der Waals surface area (Å²) in [4.78, 5) is 22.8. The summed E-state index contributed by atoms with van der Waals surface area (Å²) in [6, 6.07) is 13.4. The van der Waals surface area contributed by atoms with E-state index in [0.29, 0.717) is 30.3 Å². The van der Waals surface area contributed by atoms with Gasteiger partial charge in [0.15, 0.2) is 0 Å². The van der Waals surface area contributed by atoms with E-state index in [0.717, 1.165) is 5.69 Å². The Morgan fingerprint density at radius 2 is 1.94 bits per heavy atom. The van der Waals surface area contributed by atoms with Crippen LogP contribution >= 0.6 is 12.2 Å². The zero-order chi connectivity index (χ0) is 22.7. The average molecular weight is 454 g/mol. The van der Waals surface area contributed by atoms with Crippen molar-refractivity contribution in [2.24, 2.45) is 0 Å². The van der Waals surface area contributed by atoms with Crippen molar-refractivity contribution < 1.29 is 14.1 Å². The lowest BCUT2D eigenvalue weighted by molar-refractivity contribution is -0.384. The number of morpholine rings is 1. The van der Waals surface area contributed by atoms with Crippen LogP contribution in [0, 0.1) is 10.1 Å². The number of aromatic nitrogens is 2. The van der Waals surface area contributed by atoms with Gasteiger partial charge in [0.2, 0.25) is 17.2 Å². The molecule has 1 aliphatic heterocycles. The minimum absolute atomic E-state index is 0.0894. The molecule has 32 heavy (non-hydrogen) atoms. The second-order valence-electron chi connectivity index (χ2n) is 6.93. The van der Waals surface area contributed by atoms with E-state index in [1.54, 1.807) is 47.6 Å².